The van der Waals surface area contributed by atoms with E-state index in [1.165, 1.54) is 10.4 Å². The van der Waals surface area contributed by atoms with Gasteiger partial charge in [-0.2, -0.15) is 0 Å². The molecule has 0 aliphatic carbocycles. The molecule has 6 nitrogen and oxygen atoms in total. The van der Waals surface area contributed by atoms with Gasteiger partial charge in [0, 0.05) is 34.3 Å². The van der Waals surface area contributed by atoms with Crippen LogP contribution in [0.5, 0.6) is 11.5 Å². The van der Waals surface area contributed by atoms with Crippen molar-refractivity contribution in [2.45, 2.75) is 13.5 Å². The van der Waals surface area contributed by atoms with Crippen LogP contribution in [-0.4, -0.2) is 26.7 Å². The molecule has 0 N–H and O–H groups in total. The summed E-state index contributed by atoms with van der Waals surface area (Å²) in [5, 5.41) is 11.7. The minimum atomic E-state index is 0.305. The minimum Gasteiger partial charge on any atom is -0.497 e. The summed E-state index contributed by atoms with van der Waals surface area (Å²) in [5.74, 6) is 2.26. The van der Waals surface area contributed by atoms with Gasteiger partial charge in [0.15, 0.2) is 11.5 Å². The van der Waals surface area contributed by atoms with Crippen LogP contribution in [-0.2, 0) is 6.61 Å². The highest BCUT2D eigenvalue weighted by molar-refractivity contribution is 7.13. The summed E-state index contributed by atoms with van der Waals surface area (Å²) in [7, 11) is 1.64. The molecule has 0 aliphatic heterocycles. The number of hydrogen-bond acceptors (Lipinski definition) is 6. The number of aromatic nitrogens is 4. The molecule has 7 heteroatoms. The summed E-state index contributed by atoms with van der Waals surface area (Å²) in [6.07, 6.45) is 3.80. The van der Waals surface area contributed by atoms with Gasteiger partial charge in [-0.15, -0.1) is 21.5 Å². The highest BCUT2D eigenvalue weighted by Crippen LogP contribution is 2.29. The second-order valence-corrected chi connectivity index (χ2v) is 7.64. The molecule has 0 fully saturated rings. The molecule has 0 bridgehead atoms. The highest BCUT2D eigenvalue weighted by atomic mass is 32.1. The van der Waals surface area contributed by atoms with Gasteiger partial charge in [0.05, 0.1) is 12.6 Å². The molecule has 0 spiro atoms. The summed E-state index contributed by atoms with van der Waals surface area (Å²) >= 11 is 1.73. The van der Waals surface area contributed by atoms with Crippen LogP contribution in [0, 0.1) is 6.92 Å². The lowest BCUT2D eigenvalue weighted by Crippen LogP contribution is -2.02. The maximum Gasteiger partial charge on any atom is 0.175 e. The molecule has 29 heavy (non-hydrogen) atoms. The van der Waals surface area contributed by atoms with Crippen LogP contribution in [0.25, 0.3) is 27.0 Å². The number of rotatable bonds is 5. The van der Waals surface area contributed by atoms with Crippen molar-refractivity contribution in [3.05, 3.63) is 71.6 Å². The Balaban J connectivity index is 1.46. The van der Waals surface area contributed by atoms with E-state index in [2.05, 4.69) is 45.8 Å². The molecule has 0 radical (unpaired) electrons. The molecular weight excluding hydrogens is 384 g/mol. The SMILES string of the molecule is COc1ccc2c(OCc3nnc4ccc(-c5cc(C)cs5)cn34)ccnc2c1. The molecule has 144 valence electrons. The molecule has 5 aromatic rings. The van der Waals surface area contributed by atoms with E-state index in [4.69, 9.17) is 9.47 Å². The predicted molar refractivity (Wildman–Crippen MR) is 114 cm³/mol. The van der Waals surface area contributed by atoms with Crippen molar-refractivity contribution in [1.29, 1.82) is 0 Å². The minimum absolute atomic E-state index is 0.305. The lowest BCUT2D eigenvalue weighted by atomic mass is 10.2. The van der Waals surface area contributed by atoms with Crippen molar-refractivity contribution in [2.75, 3.05) is 7.11 Å². The van der Waals surface area contributed by atoms with Gasteiger partial charge in [-0.1, -0.05) is 0 Å². The first-order valence-corrected chi connectivity index (χ1v) is 10.0. The zero-order valence-electron chi connectivity index (χ0n) is 16.0. The summed E-state index contributed by atoms with van der Waals surface area (Å²) in [6, 6.07) is 13.8. The molecule has 4 heterocycles. The van der Waals surface area contributed by atoms with Crippen molar-refractivity contribution in [3.63, 3.8) is 0 Å². The monoisotopic (exact) mass is 402 g/mol. The fraction of sp³-hybridized carbons (Fsp3) is 0.136. The highest BCUT2D eigenvalue weighted by Gasteiger charge is 2.11. The molecule has 0 atom stereocenters. The van der Waals surface area contributed by atoms with Crippen molar-refractivity contribution in [3.8, 4) is 21.9 Å². The van der Waals surface area contributed by atoms with E-state index in [1.807, 2.05) is 34.7 Å². The maximum atomic E-state index is 6.09. The van der Waals surface area contributed by atoms with E-state index in [9.17, 15) is 0 Å². The van der Waals surface area contributed by atoms with E-state index in [-0.39, 0.29) is 0 Å². The van der Waals surface area contributed by atoms with Gasteiger partial charge in [-0.05, 0) is 54.3 Å². The Hall–Kier alpha value is -3.45. The molecule has 0 saturated carbocycles. The Morgan fingerprint density at radius 3 is 2.83 bits per heavy atom. The van der Waals surface area contributed by atoms with Gasteiger partial charge in [-0.25, -0.2) is 0 Å². The maximum absolute atomic E-state index is 6.09. The first-order chi connectivity index (χ1) is 14.2. The molecule has 4 aromatic heterocycles. The summed E-state index contributed by atoms with van der Waals surface area (Å²) < 4.78 is 13.4. The molecular formula is C22H18N4O2S. The van der Waals surface area contributed by atoms with Crippen molar-refractivity contribution < 1.29 is 9.47 Å². The number of aryl methyl sites for hydroxylation is 1. The van der Waals surface area contributed by atoms with Gasteiger partial charge in [0.2, 0.25) is 0 Å². The summed E-state index contributed by atoms with van der Waals surface area (Å²) in [5.41, 5.74) is 4.02. The second kappa shape index (κ2) is 7.18. The van der Waals surface area contributed by atoms with Crippen molar-refractivity contribution in [2.24, 2.45) is 0 Å². The third-order valence-electron chi connectivity index (χ3n) is 4.75. The Labute approximate surface area is 171 Å². The lowest BCUT2D eigenvalue weighted by Gasteiger charge is -2.09. The number of fused-ring (bicyclic) bond motifs is 2. The van der Waals surface area contributed by atoms with Crippen LogP contribution in [0.2, 0.25) is 0 Å². The fourth-order valence-corrected chi connectivity index (χ4v) is 4.15. The summed E-state index contributed by atoms with van der Waals surface area (Å²) in [6.45, 7) is 2.41. The number of methoxy groups -OCH3 is 1. The molecule has 0 amide bonds. The summed E-state index contributed by atoms with van der Waals surface area (Å²) in [4.78, 5) is 5.62. The predicted octanol–water partition coefficient (Wildman–Crippen LogP) is 4.90. The van der Waals surface area contributed by atoms with Crippen LogP contribution < -0.4 is 9.47 Å². The van der Waals surface area contributed by atoms with E-state index in [1.54, 1.807) is 24.6 Å². The number of nitrogens with zero attached hydrogens (tertiary/aromatic N) is 4. The van der Waals surface area contributed by atoms with Gasteiger partial charge in [0.1, 0.15) is 18.1 Å². The molecule has 1 aromatic carbocycles. The standard InChI is InChI=1S/C22H18N4O2S/c1-14-9-20(29-13-14)15-3-6-21-24-25-22(26(21)11-15)12-28-19-7-8-23-18-10-16(27-2)4-5-17(18)19/h3-11,13H,12H2,1-2H3. The van der Waals surface area contributed by atoms with Gasteiger partial charge >= 0.3 is 0 Å². The first-order valence-electron chi connectivity index (χ1n) is 9.16. The van der Waals surface area contributed by atoms with Crippen LogP contribution >= 0.6 is 11.3 Å². The number of pyridine rings is 2. The molecule has 0 aliphatic rings. The van der Waals surface area contributed by atoms with Gasteiger partial charge < -0.3 is 9.47 Å². The average molecular weight is 402 g/mol. The number of ether oxygens (including phenoxy) is 2. The largest absolute Gasteiger partial charge is 0.497 e. The van der Waals surface area contributed by atoms with E-state index >= 15 is 0 Å². The number of hydrogen-bond donors (Lipinski definition) is 0. The lowest BCUT2D eigenvalue weighted by molar-refractivity contribution is 0.298. The molecule has 5 rings (SSSR count). The Morgan fingerprint density at radius 1 is 1.07 bits per heavy atom. The van der Waals surface area contributed by atoms with E-state index < -0.39 is 0 Å². The zero-order valence-corrected chi connectivity index (χ0v) is 16.8. The Bertz CT molecular complexity index is 1330. The van der Waals surface area contributed by atoms with Crippen molar-refractivity contribution in [1.82, 2.24) is 19.6 Å². The third kappa shape index (κ3) is 3.30. The van der Waals surface area contributed by atoms with Crippen LogP contribution in [0.1, 0.15) is 11.4 Å². The van der Waals surface area contributed by atoms with E-state index in [0.717, 1.165) is 39.4 Å². The Kier molecular flexibility index (Phi) is 4.37. The van der Waals surface area contributed by atoms with Crippen LogP contribution in [0.4, 0.5) is 0 Å². The quantitative estimate of drug-likeness (QED) is 0.418. The Morgan fingerprint density at radius 2 is 2.00 bits per heavy atom. The zero-order chi connectivity index (χ0) is 19.8. The number of thiophene rings is 1. The van der Waals surface area contributed by atoms with Gasteiger partial charge in [0.25, 0.3) is 0 Å². The normalized spacial score (nSPS) is 11.2. The topological polar surface area (TPSA) is 61.5 Å². The van der Waals surface area contributed by atoms with Crippen molar-refractivity contribution >= 4 is 27.9 Å². The second-order valence-electron chi connectivity index (χ2n) is 6.73. The average Bonchev–Trinajstić information content (AvgIpc) is 3.37. The first kappa shape index (κ1) is 17.6. The van der Waals surface area contributed by atoms with Crippen LogP contribution in [0.15, 0.2) is 60.2 Å². The number of benzene rings is 1. The fourth-order valence-electron chi connectivity index (χ4n) is 3.26. The molecule has 0 saturated heterocycles. The third-order valence-corrected chi connectivity index (χ3v) is 5.85. The van der Waals surface area contributed by atoms with Crippen LogP contribution in [0.3, 0.4) is 0 Å². The molecule has 0 unspecified atom stereocenters. The van der Waals surface area contributed by atoms with Gasteiger partial charge in [-0.3, -0.25) is 9.38 Å². The smallest absolute Gasteiger partial charge is 0.175 e. The van der Waals surface area contributed by atoms with E-state index in [0.29, 0.717) is 6.61 Å².